The lowest BCUT2D eigenvalue weighted by atomic mass is 10.4. The summed E-state index contributed by atoms with van der Waals surface area (Å²) >= 11 is 0. The fourth-order valence-electron chi connectivity index (χ4n) is 1.16. The van der Waals surface area contributed by atoms with E-state index in [0.717, 1.165) is 6.20 Å². The Morgan fingerprint density at radius 2 is 2.38 bits per heavy atom. The van der Waals surface area contributed by atoms with Crippen molar-refractivity contribution in [2.24, 2.45) is 0 Å². The zero-order valence-electron chi connectivity index (χ0n) is 7.07. The highest BCUT2D eigenvalue weighted by Gasteiger charge is 2.03. The van der Waals surface area contributed by atoms with Crippen molar-refractivity contribution >= 4 is 11.2 Å². The lowest BCUT2D eigenvalue weighted by Crippen LogP contribution is -1.97. The van der Waals surface area contributed by atoms with Crippen LogP contribution in [0.2, 0.25) is 0 Å². The molecule has 4 nitrogen and oxygen atoms in total. The Labute approximate surface area is 74.0 Å². The number of ether oxygens (including phenoxy) is 1. The Hall–Kier alpha value is -1.49. The van der Waals surface area contributed by atoms with Gasteiger partial charge >= 0.3 is 0 Å². The number of hydrogen-bond acceptors (Lipinski definition) is 3. The molecule has 2 aromatic rings. The van der Waals surface area contributed by atoms with E-state index in [2.05, 4.69) is 9.97 Å². The second-order valence-electron chi connectivity index (χ2n) is 2.63. The topological polar surface area (TPSA) is 39.9 Å². The number of imidazole rings is 1. The number of rotatable bonds is 2. The quantitative estimate of drug-likeness (QED) is 0.698. The zero-order chi connectivity index (χ0) is 9.26. The first-order chi connectivity index (χ1) is 6.31. The van der Waals surface area contributed by atoms with Crippen molar-refractivity contribution in [2.45, 2.75) is 6.73 Å². The van der Waals surface area contributed by atoms with Gasteiger partial charge in [-0.1, -0.05) is 0 Å². The molecule has 2 heterocycles. The molecule has 0 N–H and O–H groups in total. The number of halogens is 1. The van der Waals surface area contributed by atoms with Crippen molar-refractivity contribution in [2.75, 3.05) is 7.11 Å². The second-order valence-corrected chi connectivity index (χ2v) is 2.63. The van der Waals surface area contributed by atoms with E-state index < -0.39 is 0 Å². The maximum absolute atomic E-state index is 12.8. The van der Waals surface area contributed by atoms with E-state index in [4.69, 9.17) is 4.74 Å². The normalized spacial score (nSPS) is 10.9. The number of hydrogen-bond donors (Lipinski definition) is 0. The molecule has 0 amide bonds. The minimum absolute atomic E-state index is 0.349. The highest BCUT2D eigenvalue weighted by atomic mass is 19.1. The maximum atomic E-state index is 12.8. The molecule has 0 radical (unpaired) electrons. The highest BCUT2D eigenvalue weighted by Crippen LogP contribution is 2.10. The molecular weight excluding hydrogens is 173 g/mol. The third kappa shape index (κ3) is 1.38. The SMILES string of the molecule is COCn1cnc2ncc(F)cc21. The summed E-state index contributed by atoms with van der Waals surface area (Å²) in [5.74, 6) is -0.370. The van der Waals surface area contributed by atoms with Crippen LogP contribution in [0.25, 0.3) is 11.2 Å². The highest BCUT2D eigenvalue weighted by molar-refractivity contribution is 5.70. The lowest BCUT2D eigenvalue weighted by Gasteiger charge is -2.00. The summed E-state index contributed by atoms with van der Waals surface area (Å²) in [5.41, 5.74) is 1.17. The molecule has 0 aliphatic carbocycles. The van der Waals surface area contributed by atoms with E-state index in [0.29, 0.717) is 17.9 Å². The van der Waals surface area contributed by atoms with Crippen LogP contribution in [0.4, 0.5) is 4.39 Å². The van der Waals surface area contributed by atoms with Gasteiger partial charge in [0.1, 0.15) is 12.5 Å². The van der Waals surface area contributed by atoms with Crippen LogP contribution in [0.3, 0.4) is 0 Å². The van der Waals surface area contributed by atoms with Crippen molar-refractivity contribution in [3.63, 3.8) is 0 Å². The fraction of sp³-hybridized carbons (Fsp3) is 0.250. The van der Waals surface area contributed by atoms with Crippen LogP contribution < -0.4 is 0 Å². The summed E-state index contributed by atoms with van der Waals surface area (Å²) in [6, 6.07) is 1.38. The van der Waals surface area contributed by atoms with Crippen molar-refractivity contribution in [3.8, 4) is 0 Å². The van der Waals surface area contributed by atoms with Crippen LogP contribution in [0.1, 0.15) is 0 Å². The van der Waals surface area contributed by atoms with E-state index in [9.17, 15) is 4.39 Å². The molecule has 0 aliphatic rings. The van der Waals surface area contributed by atoms with Crippen LogP contribution in [-0.2, 0) is 11.5 Å². The third-order valence-electron chi connectivity index (χ3n) is 1.71. The summed E-state index contributed by atoms with van der Waals surface area (Å²) < 4.78 is 19.4. The molecular formula is C8H8FN3O. The van der Waals surface area contributed by atoms with Crippen LogP contribution in [-0.4, -0.2) is 21.6 Å². The van der Waals surface area contributed by atoms with Gasteiger partial charge in [-0.05, 0) is 0 Å². The molecule has 0 aromatic carbocycles. The van der Waals surface area contributed by atoms with Gasteiger partial charge in [0.25, 0.3) is 0 Å². The van der Waals surface area contributed by atoms with Crippen LogP contribution >= 0.6 is 0 Å². The lowest BCUT2D eigenvalue weighted by molar-refractivity contribution is 0.134. The van der Waals surface area contributed by atoms with Gasteiger partial charge in [0.15, 0.2) is 5.65 Å². The first-order valence-corrected chi connectivity index (χ1v) is 3.76. The molecule has 68 valence electrons. The largest absolute Gasteiger partial charge is 0.364 e. The van der Waals surface area contributed by atoms with E-state index in [1.54, 1.807) is 18.0 Å². The molecule has 0 atom stereocenters. The molecule has 0 aliphatic heterocycles. The maximum Gasteiger partial charge on any atom is 0.177 e. The first-order valence-electron chi connectivity index (χ1n) is 3.76. The van der Waals surface area contributed by atoms with Crippen LogP contribution in [0.5, 0.6) is 0 Å². The van der Waals surface area contributed by atoms with E-state index in [1.807, 2.05) is 0 Å². The van der Waals surface area contributed by atoms with Gasteiger partial charge in [-0.25, -0.2) is 14.4 Å². The van der Waals surface area contributed by atoms with Crippen LogP contribution in [0, 0.1) is 5.82 Å². The Morgan fingerprint density at radius 1 is 1.54 bits per heavy atom. The number of aromatic nitrogens is 3. The van der Waals surface area contributed by atoms with Gasteiger partial charge in [-0.15, -0.1) is 0 Å². The first kappa shape index (κ1) is 8.12. The molecule has 2 rings (SSSR count). The summed E-state index contributed by atoms with van der Waals surface area (Å²) in [6.07, 6.45) is 2.72. The van der Waals surface area contributed by atoms with Gasteiger partial charge in [0.05, 0.1) is 18.0 Å². The van der Waals surface area contributed by atoms with E-state index >= 15 is 0 Å². The van der Waals surface area contributed by atoms with Gasteiger partial charge in [-0.2, -0.15) is 0 Å². The third-order valence-corrected chi connectivity index (χ3v) is 1.71. The molecule has 0 spiro atoms. The smallest absolute Gasteiger partial charge is 0.177 e. The van der Waals surface area contributed by atoms with Crippen molar-refractivity contribution in [3.05, 3.63) is 24.4 Å². The van der Waals surface area contributed by atoms with Crippen molar-refractivity contribution < 1.29 is 9.13 Å². The van der Waals surface area contributed by atoms with Crippen molar-refractivity contribution in [1.29, 1.82) is 0 Å². The molecule has 13 heavy (non-hydrogen) atoms. The second kappa shape index (κ2) is 3.10. The average molecular weight is 181 g/mol. The zero-order valence-corrected chi connectivity index (χ0v) is 7.07. The molecule has 5 heteroatoms. The molecule has 0 unspecified atom stereocenters. The summed E-state index contributed by atoms with van der Waals surface area (Å²) in [4.78, 5) is 7.80. The van der Waals surface area contributed by atoms with Gasteiger partial charge < -0.3 is 9.30 Å². The number of nitrogens with zero attached hydrogens (tertiary/aromatic N) is 3. The molecule has 2 aromatic heterocycles. The fourth-order valence-corrected chi connectivity index (χ4v) is 1.16. The van der Waals surface area contributed by atoms with E-state index in [-0.39, 0.29) is 5.82 Å². The molecule has 0 saturated carbocycles. The summed E-state index contributed by atoms with van der Waals surface area (Å²) in [6.45, 7) is 0.349. The molecule has 0 bridgehead atoms. The Morgan fingerprint density at radius 3 is 3.15 bits per heavy atom. The number of methoxy groups -OCH3 is 1. The van der Waals surface area contributed by atoms with Gasteiger partial charge in [0.2, 0.25) is 0 Å². The van der Waals surface area contributed by atoms with Gasteiger partial charge in [0, 0.05) is 13.2 Å². The van der Waals surface area contributed by atoms with Gasteiger partial charge in [-0.3, -0.25) is 0 Å². The monoisotopic (exact) mass is 181 g/mol. The van der Waals surface area contributed by atoms with E-state index in [1.165, 1.54) is 6.07 Å². The van der Waals surface area contributed by atoms with Crippen molar-refractivity contribution in [1.82, 2.24) is 14.5 Å². The Balaban J connectivity index is 2.58. The Bertz CT molecular complexity index is 426. The Kier molecular flexibility index (Phi) is 1.94. The standard InChI is InChI=1S/C8H8FN3O/c1-13-5-12-4-11-8-7(12)2-6(9)3-10-8/h2-4H,5H2,1H3. The minimum atomic E-state index is -0.370. The predicted octanol–water partition coefficient (Wildman–Crippen LogP) is 1.17. The number of pyridine rings is 1. The van der Waals surface area contributed by atoms with Crippen LogP contribution in [0.15, 0.2) is 18.6 Å². The summed E-state index contributed by atoms with van der Waals surface area (Å²) in [7, 11) is 1.57. The molecule has 0 saturated heterocycles. The average Bonchev–Trinajstić information content (AvgIpc) is 2.49. The number of fused-ring (bicyclic) bond motifs is 1. The summed E-state index contributed by atoms with van der Waals surface area (Å²) in [5, 5.41) is 0. The molecule has 0 fully saturated rings. The predicted molar refractivity (Wildman–Crippen MR) is 44.5 cm³/mol. The minimum Gasteiger partial charge on any atom is -0.364 e.